The van der Waals surface area contributed by atoms with Gasteiger partial charge in [0.05, 0.1) is 11.7 Å². The van der Waals surface area contributed by atoms with E-state index in [0.29, 0.717) is 0 Å². The zero-order valence-electron chi connectivity index (χ0n) is 9.74. The predicted octanol–water partition coefficient (Wildman–Crippen LogP) is 3.34. The zero-order chi connectivity index (χ0) is 13.0. The molecule has 4 heteroatoms. The first-order valence-electron chi connectivity index (χ1n) is 5.21. The summed E-state index contributed by atoms with van der Waals surface area (Å²) in [6.45, 7) is 6.69. The fourth-order valence-corrected chi connectivity index (χ4v) is 1.23. The first-order chi connectivity index (χ1) is 7.91. The van der Waals surface area contributed by atoms with Gasteiger partial charge in [0.25, 0.3) is 0 Å². The van der Waals surface area contributed by atoms with E-state index in [1.807, 2.05) is 0 Å². The fourth-order valence-electron chi connectivity index (χ4n) is 1.23. The predicted molar refractivity (Wildman–Crippen MR) is 60.6 cm³/mol. The van der Waals surface area contributed by atoms with E-state index in [1.165, 1.54) is 12.1 Å². The highest BCUT2D eigenvalue weighted by Gasteiger charge is 2.22. The number of carbonyl (C=O) groups excluding carboxylic acids is 1. The summed E-state index contributed by atoms with van der Waals surface area (Å²) >= 11 is 0. The minimum absolute atomic E-state index is 0.178. The highest BCUT2D eigenvalue weighted by Crippen LogP contribution is 2.25. The Morgan fingerprint density at radius 2 is 1.82 bits per heavy atom. The van der Waals surface area contributed by atoms with Crippen molar-refractivity contribution in [2.24, 2.45) is 0 Å². The van der Waals surface area contributed by atoms with Crippen LogP contribution in [0.2, 0.25) is 0 Å². The molecule has 0 aromatic heterocycles. The maximum atomic E-state index is 13.8. The molecule has 0 fully saturated rings. The average Bonchev–Trinajstić information content (AvgIpc) is 2.27. The maximum Gasteiger partial charge on any atom is 0.336 e. The number of esters is 1. The molecule has 1 atom stereocenters. The van der Waals surface area contributed by atoms with E-state index in [1.54, 1.807) is 13.8 Å². The molecule has 0 saturated heterocycles. The van der Waals surface area contributed by atoms with Crippen molar-refractivity contribution >= 4 is 5.97 Å². The van der Waals surface area contributed by atoms with Gasteiger partial charge < -0.3 is 4.74 Å². The number of hydrogen-bond donors (Lipinski definition) is 0. The molecular formula is C13H14F2O2. The summed E-state index contributed by atoms with van der Waals surface area (Å²) in [5, 5.41) is 0. The van der Waals surface area contributed by atoms with Crippen LogP contribution in [0.3, 0.4) is 0 Å². The molecule has 1 unspecified atom stereocenters. The lowest BCUT2D eigenvalue weighted by molar-refractivity contribution is -0.143. The maximum absolute atomic E-state index is 13.8. The number of halogens is 2. The second-order valence-corrected chi connectivity index (χ2v) is 3.89. The Hall–Kier alpha value is -1.71. The Balaban J connectivity index is 2.76. The van der Waals surface area contributed by atoms with E-state index >= 15 is 0 Å². The topological polar surface area (TPSA) is 26.3 Å². The largest absolute Gasteiger partial charge is 0.460 e. The highest BCUT2D eigenvalue weighted by molar-refractivity contribution is 5.89. The molecular weight excluding hydrogens is 226 g/mol. The second-order valence-electron chi connectivity index (χ2n) is 3.89. The summed E-state index contributed by atoms with van der Waals surface area (Å²) in [4.78, 5) is 11.4. The Kier molecular flexibility index (Phi) is 4.37. The van der Waals surface area contributed by atoms with Gasteiger partial charge in [0.2, 0.25) is 0 Å². The van der Waals surface area contributed by atoms with Gasteiger partial charge >= 0.3 is 5.97 Å². The average molecular weight is 240 g/mol. The number of rotatable bonds is 4. The van der Waals surface area contributed by atoms with Crippen LogP contribution in [0.15, 0.2) is 36.4 Å². The van der Waals surface area contributed by atoms with Crippen molar-refractivity contribution in [1.29, 1.82) is 0 Å². The third kappa shape index (κ3) is 3.66. The lowest BCUT2D eigenvalue weighted by atomic mass is 10.0. The summed E-state index contributed by atoms with van der Waals surface area (Å²) in [7, 11) is 0. The van der Waals surface area contributed by atoms with Crippen LogP contribution in [0, 0.1) is 5.82 Å². The molecule has 0 N–H and O–H groups in total. The van der Waals surface area contributed by atoms with Gasteiger partial charge in [-0.1, -0.05) is 18.7 Å². The molecule has 0 bridgehead atoms. The SMILES string of the molecule is C=C(C(=O)OC(C)C)C(F)c1ccc(F)cc1. The van der Waals surface area contributed by atoms with Crippen LogP contribution in [0.4, 0.5) is 8.78 Å². The summed E-state index contributed by atoms with van der Waals surface area (Å²) in [6, 6.07) is 4.80. The first kappa shape index (κ1) is 13.4. The van der Waals surface area contributed by atoms with E-state index in [2.05, 4.69) is 6.58 Å². The number of ether oxygens (including phenoxy) is 1. The molecule has 1 aromatic carbocycles. The first-order valence-corrected chi connectivity index (χ1v) is 5.21. The van der Waals surface area contributed by atoms with Crippen molar-refractivity contribution in [1.82, 2.24) is 0 Å². The van der Waals surface area contributed by atoms with Crippen LogP contribution in [-0.4, -0.2) is 12.1 Å². The monoisotopic (exact) mass is 240 g/mol. The van der Waals surface area contributed by atoms with Crippen molar-refractivity contribution in [3.63, 3.8) is 0 Å². The second kappa shape index (κ2) is 5.57. The molecule has 17 heavy (non-hydrogen) atoms. The minimum atomic E-state index is -1.68. The van der Waals surface area contributed by atoms with E-state index < -0.39 is 18.0 Å². The molecule has 0 heterocycles. The molecule has 0 aliphatic heterocycles. The lowest BCUT2D eigenvalue weighted by Gasteiger charge is -2.13. The van der Waals surface area contributed by atoms with Crippen molar-refractivity contribution < 1.29 is 18.3 Å². The number of hydrogen-bond acceptors (Lipinski definition) is 2. The Labute approximate surface area is 98.9 Å². The van der Waals surface area contributed by atoms with E-state index in [-0.39, 0.29) is 17.2 Å². The molecule has 0 spiro atoms. The lowest BCUT2D eigenvalue weighted by Crippen LogP contribution is -2.16. The van der Waals surface area contributed by atoms with E-state index in [4.69, 9.17) is 4.74 Å². The van der Waals surface area contributed by atoms with E-state index in [9.17, 15) is 13.6 Å². The molecule has 0 saturated carbocycles. The zero-order valence-corrected chi connectivity index (χ0v) is 9.74. The Bertz CT molecular complexity index is 410. The normalized spacial score (nSPS) is 12.3. The third-order valence-corrected chi connectivity index (χ3v) is 2.07. The van der Waals surface area contributed by atoms with Crippen LogP contribution in [0.25, 0.3) is 0 Å². The Morgan fingerprint density at radius 1 is 1.29 bits per heavy atom. The third-order valence-electron chi connectivity index (χ3n) is 2.07. The smallest absolute Gasteiger partial charge is 0.336 e. The van der Waals surface area contributed by atoms with Gasteiger partial charge in [0.1, 0.15) is 5.82 Å². The van der Waals surface area contributed by atoms with Crippen molar-refractivity contribution in [2.45, 2.75) is 26.1 Å². The van der Waals surface area contributed by atoms with Crippen LogP contribution < -0.4 is 0 Å². The van der Waals surface area contributed by atoms with Crippen molar-refractivity contribution in [3.05, 3.63) is 47.8 Å². The van der Waals surface area contributed by atoms with Gasteiger partial charge in [0, 0.05) is 0 Å². The van der Waals surface area contributed by atoms with Gasteiger partial charge in [-0.05, 0) is 31.5 Å². The molecule has 2 nitrogen and oxygen atoms in total. The standard InChI is InChI=1S/C13H14F2O2/c1-8(2)17-13(16)9(3)12(15)10-4-6-11(14)7-5-10/h4-8,12H,3H2,1-2H3. The summed E-state index contributed by atoms with van der Waals surface area (Å²) in [5.74, 6) is -1.24. The summed E-state index contributed by atoms with van der Waals surface area (Å²) in [5.41, 5.74) is -0.109. The molecule has 0 amide bonds. The quantitative estimate of drug-likeness (QED) is 0.596. The van der Waals surface area contributed by atoms with Crippen molar-refractivity contribution in [3.8, 4) is 0 Å². The van der Waals surface area contributed by atoms with Gasteiger partial charge in [-0.15, -0.1) is 0 Å². The van der Waals surface area contributed by atoms with Crippen LogP contribution in [0.1, 0.15) is 25.6 Å². The minimum Gasteiger partial charge on any atom is -0.460 e. The summed E-state index contributed by atoms with van der Waals surface area (Å²) < 4.78 is 31.3. The van der Waals surface area contributed by atoms with Crippen molar-refractivity contribution in [2.75, 3.05) is 0 Å². The van der Waals surface area contributed by atoms with E-state index in [0.717, 1.165) is 12.1 Å². The Morgan fingerprint density at radius 3 is 2.29 bits per heavy atom. The van der Waals surface area contributed by atoms with Gasteiger partial charge in [-0.25, -0.2) is 13.6 Å². The van der Waals surface area contributed by atoms with Crippen LogP contribution >= 0.6 is 0 Å². The van der Waals surface area contributed by atoms with Gasteiger partial charge in [-0.2, -0.15) is 0 Å². The molecule has 0 radical (unpaired) electrons. The molecule has 92 valence electrons. The molecule has 0 aliphatic rings. The molecule has 0 aliphatic carbocycles. The van der Waals surface area contributed by atoms with Crippen LogP contribution in [0.5, 0.6) is 0 Å². The molecule has 1 rings (SSSR count). The van der Waals surface area contributed by atoms with Crippen LogP contribution in [-0.2, 0) is 9.53 Å². The molecule has 1 aromatic rings. The van der Waals surface area contributed by atoms with Gasteiger partial charge in [0.15, 0.2) is 6.17 Å². The number of alkyl halides is 1. The summed E-state index contributed by atoms with van der Waals surface area (Å²) in [6.07, 6.45) is -2.01. The fraction of sp³-hybridized carbons (Fsp3) is 0.308. The highest BCUT2D eigenvalue weighted by atomic mass is 19.1. The van der Waals surface area contributed by atoms with Gasteiger partial charge in [-0.3, -0.25) is 0 Å². The number of benzene rings is 1. The number of carbonyl (C=O) groups is 1.